The molecule has 0 radical (unpaired) electrons. The Morgan fingerprint density at radius 1 is 1.00 bits per heavy atom. The Morgan fingerprint density at radius 2 is 1.64 bits per heavy atom. The Bertz CT molecular complexity index is 276. The first-order chi connectivity index (χ1) is 6.66. The van der Waals surface area contributed by atoms with E-state index in [1.54, 1.807) is 0 Å². The molecule has 2 saturated carbocycles. The van der Waals surface area contributed by atoms with Crippen molar-refractivity contribution < 1.29 is 8.42 Å². The minimum atomic E-state index is -2.97. The van der Waals surface area contributed by atoms with Gasteiger partial charge in [0.1, 0.15) is 0 Å². The van der Waals surface area contributed by atoms with E-state index in [-0.39, 0.29) is 6.04 Å². The third-order valence-electron chi connectivity index (χ3n) is 3.10. The van der Waals surface area contributed by atoms with Gasteiger partial charge in [0.05, 0.1) is 5.75 Å². The quantitative estimate of drug-likeness (QED) is 0.778. The molecule has 0 amide bonds. The van der Waals surface area contributed by atoms with Gasteiger partial charge in [0.25, 0.3) is 0 Å². The van der Waals surface area contributed by atoms with Crippen LogP contribution in [-0.2, 0) is 10.0 Å². The Hall–Kier alpha value is -0.0900. The van der Waals surface area contributed by atoms with Crippen molar-refractivity contribution in [1.82, 2.24) is 4.72 Å². The third-order valence-corrected chi connectivity index (χ3v) is 4.71. The van der Waals surface area contributed by atoms with Gasteiger partial charge in [0.2, 0.25) is 10.0 Å². The molecule has 0 aliphatic heterocycles. The topological polar surface area (TPSA) is 46.2 Å². The summed E-state index contributed by atoms with van der Waals surface area (Å²) in [4.78, 5) is 0. The molecular weight excluding hydrogens is 198 g/mol. The Kier molecular flexibility index (Phi) is 3.12. The molecule has 0 bridgehead atoms. The van der Waals surface area contributed by atoms with Gasteiger partial charge in [0, 0.05) is 6.04 Å². The second kappa shape index (κ2) is 4.19. The largest absolute Gasteiger partial charge is 0.212 e. The molecule has 0 aromatic rings. The van der Waals surface area contributed by atoms with Crippen LogP contribution in [0, 0.1) is 5.92 Å². The maximum Gasteiger partial charge on any atom is 0.212 e. The van der Waals surface area contributed by atoms with Crippen LogP contribution in [0.15, 0.2) is 0 Å². The molecule has 2 aliphatic carbocycles. The second-order valence-corrected chi connectivity index (χ2v) is 6.48. The van der Waals surface area contributed by atoms with Crippen LogP contribution in [0.2, 0.25) is 0 Å². The molecule has 0 aromatic heterocycles. The fourth-order valence-electron chi connectivity index (χ4n) is 2.17. The highest BCUT2D eigenvalue weighted by Crippen LogP contribution is 2.26. The van der Waals surface area contributed by atoms with Crippen LogP contribution in [0.1, 0.15) is 44.9 Å². The second-order valence-electron chi connectivity index (χ2n) is 4.68. The summed E-state index contributed by atoms with van der Waals surface area (Å²) >= 11 is 0. The maximum absolute atomic E-state index is 11.6. The molecule has 0 atom stereocenters. The van der Waals surface area contributed by atoms with E-state index in [0.29, 0.717) is 11.7 Å². The zero-order valence-electron chi connectivity index (χ0n) is 8.54. The Balaban J connectivity index is 1.81. The summed E-state index contributed by atoms with van der Waals surface area (Å²) in [5, 5.41) is 0. The first-order valence-corrected chi connectivity index (χ1v) is 7.31. The fourth-order valence-corrected chi connectivity index (χ4v) is 3.96. The minimum Gasteiger partial charge on any atom is -0.212 e. The van der Waals surface area contributed by atoms with Crippen LogP contribution in [0.4, 0.5) is 0 Å². The van der Waals surface area contributed by atoms with E-state index in [0.717, 1.165) is 25.7 Å². The molecule has 0 spiro atoms. The van der Waals surface area contributed by atoms with E-state index < -0.39 is 10.0 Å². The van der Waals surface area contributed by atoms with Gasteiger partial charge in [-0.1, -0.05) is 19.3 Å². The number of hydrogen-bond acceptors (Lipinski definition) is 2. The van der Waals surface area contributed by atoms with Gasteiger partial charge in [-0.05, 0) is 31.6 Å². The minimum absolute atomic E-state index is 0.267. The van der Waals surface area contributed by atoms with Gasteiger partial charge >= 0.3 is 0 Å². The van der Waals surface area contributed by atoms with Gasteiger partial charge in [-0.25, -0.2) is 13.1 Å². The SMILES string of the molecule is O=S(=O)(CC1CCCCC1)NC1CC1. The van der Waals surface area contributed by atoms with Crippen molar-refractivity contribution in [3.63, 3.8) is 0 Å². The molecule has 14 heavy (non-hydrogen) atoms. The summed E-state index contributed by atoms with van der Waals surface area (Å²) in [5.41, 5.74) is 0. The van der Waals surface area contributed by atoms with E-state index in [2.05, 4.69) is 4.72 Å². The van der Waals surface area contributed by atoms with Gasteiger partial charge in [-0.3, -0.25) is 0 Å². The molecule has 3 nitrogen and oxygen atoms in total. The van der Waals surface area contributed by atoms with Crippen LogP contribution < -0.4 is 4.72 Å². The lowest BCUT2D eigenvalue weighted by Crippen LogP contribution is -2.32. The summed E-state index contributed by atoms with van der Waals surface area (Å²) in [6, 6.07) is 0.267. The monoisotopic (exact) mass is 217 g/mol. The average molecular weight is 217 g/mol. The average Bonchev–Trinajstić information content (AvgIpc) is 2.88. The standard InChI is InChI=1S/C10H19NO2S/c12-14(13,11-10-6-7-10)8-9-4-2-1-3-5-9/h9-11H,1-8H2. The summed E-state index contributed by atoms with van der Waals surface area (Å²) < 4.78 is 26.0. The van der Waals surface area contributed by atoms with Crippen molar-refractivity contribution in [2.24, 2.45) is 5.92 Å². The van der Waals surface area contributed by atoms with Crippen molar-refractivity contribution in [2.75, 3.05) is 5.75 Å². The smallest absolute Gasteiger partial charge is 0.212 e. The van der Waals surface area contributed by atoms with Crippen molar-refractivity contribution >= 4 is 10.0 Å². The summed E-state index contributed by atoms with van der Waals surface area (Å²) in [5.74, 6) is 0.781. The lowest BCUT2D eigenvalue weighted by molar-refractivity contribution is 0.384. The number of sulfonamides is 1. The molecule has 0 saturated heterocycles. The molecule has 0 aromatic carbocycles. The number of rotatable bonds is 4. The molecule has 82 valence electrons. The van der Waals surface area contributed by atoms with Crippen LogP contribution in [-0.4, -0.2) is 20.2 Å². The van der Waals surface area contributed by atoms with Gasteiger partial charge < -0.3 is 0 Å². The highest BCUT2D eigenvalue weighted by Gasteiger charge is 2.29. The first kappa shape index (κ1) is 10.4. The van der Waals surface area contributed by atoms with Crippen molar-refractivity contribution in [1.29, 1.82) is 0 Å². The summed E-state index contributed by atoms with van der Waals surface area (Å²) in [6.07, 6.45) is 7.98. The molecule has 0 unspecified atom stereocenters. The highest BCUT2D eigenvalue weighted by molar-refractivity contribution is 7.89. The predicted octanol–water partition coefficient (Wildman–Crippen LogP) is 1.65. The van der Waals surface area contributed by atoms with Gasteiger partial charge in [-0.15, -0.1) is 0 Å². The number of hydrogen-bond donors (Lipinski definition) is 1. The first-order valence-electron chi connectivity index (χ1n) is 5.66. The highest BCUT2D eigenvalue weighted by atomic mass is 32.2. The van der Waals surface area contributed by atoms with E-state index in [1.807, 2.05) is 0 Å². The zero-order chi connectivity index (χ0) is 10.0. The van der Waals surface area contributed by atoms with Crippen LogP contribution >= 0.6 is 0 Å². The molecule has 2 aliphatic rings. The normalized spacial score (nSPS) is 25.1. The van der Waals surface area contributed by atoms with E-state index in [1.165, 1.54) is 19.3 Å². The lowest BCUT2D eigenvalue weighted by atomic mass is 9.91. The molecule has 4 heteroatoms. The van der Waals surface area contributed by atoms with E-state index in [9.17, 15) is 8.42 Å². The Labute approximate surface area is 86.3 Å². The van der Waals surface area contributed by atoms with Crippen molar-refractivity contribution in [3.05, 3.63) is 0 Å². The number of nitrogens with one attached hydrogen (secondary N) is 1. The summed E-state index contributed by atoms with van der Waals surface area (Å²) in [7, 11) is -2.97. The molecule has 0 heterocycles. The predicted molar refractivity (Wildman–Crippen MR) is 56.5 cm³/mol. The van der Waals surface area contributed by atoms with Gasteiger partial charge in [0.15, 0.2) is 0 Å². The van der Waals surface area contributed by atoms with Crippen LogP contribution in [0.5, 0.6) is 0 Å². The molecule has 2 rings (SSSR count). The Morgan fingerprint density at radius 3 is 2.21 bits per heavy atom. The van der Waals surface area contributed by atoms with E-state index in [4.69, 9.17) is 0 Å². The van der Waals surface area contributed by atoms with Gasteiger partial charge in [-0.2, -0.15) is 0 Å². The molecule has 2 fully saturated rings. The fraction of sp³-hybridized carbons (Fsp3) is 1.00. The third kappa shape index (κ3) is 3.24. The van der Waals surface area contributed by atoms with Crippen molar-refractivity contribution in [3.8, 4) is 0 Å². The maximum atomic E-state index is 11.6. The zero-order valence-corrected chi connectivity index (χ0v) is 9.35. The van der Waals surface area contributed by atoms with E-state index >= 15 is 0 Å². The van der Waals surface area contributed by atoms with Crippen LogP contribution in [0.3, 0.4) is 0 Å². The van der Waals surface area contributed by atoms with Crippen molar-refractivity contribution in [2.45, 2.75) is 51.0 Å². The van der Waals surface area contributed by atoms with Crippen LogP contribution in [0.25, 0.3) is 0 Å². The molecular formula is C10H19NO2S. The summed E-state index contributed by atoms with van der Waals surface area (Å²) in [6.45, 7) is 0. The molecule has 1 N–H and O–H groups in total. The lowest BCUT2D eigenvalue weighted by Gasteiger charge is -2.21.